The van der Waals surface area contributed by atoms with Crippen LogP contribution in [0.5, 0.6) is 0 Å². The minimum atomic E-state index is 1.27. The molecule has 0 bridgehead atoms. The molecule has 0 fully saturated rings. The van der Waals surface area contributed by atoms with E-state index in [4.69, 9.17) is 0 Å². The van der Waals surface area contributed by atoms with E-state index >= 15 is 0 Å². The van der Waals surface area contributed by atoms with E-state index in [1.54, 1.807) is 0 Å². The first-order chi connectivity index (χ1) is 29.6. The van der Waals surface area contributed by atoms with Crippen molar-refractivity contribution in [3.63, 3.8) is 0 Å². The van der Waals surface area contributed by atoms with Gasteiger partial charge in [0.2, 0.25) is 0 Å². The smallest absolute Gasteiger partial charge is 0.101 e. The van der Waals surface area contributed by atoms with Gasteiger partial charge in [-0.2, -0.15) is 0 Å². The third-order valence-corrected chi connectivity index (χ3v) is 16.2. The maximum Gasteiger partial charge on any atom is 0.139 e. The van der Waals surface area contributed by atoms with Crippen LogP contribution in [0.2, 0.25) is 0 Å². The molecule has 0 saturated carbocycles. The van der Waals surface area contributed by atoms with Crippen LogP contribution in [0, 0.1) is 0 Å². The van der Waals surface area contributed by atoms with Crippen LogP contribution in [0.1, 0.15) is 0 Å². The van der Waals surface area contributed by atoms with Gasteiger partial charge >= 0.3 is 0 Å². The molecule has 14 heteroatoms. The molecule has 0 saturated heterocycles. The Morgan fingerprint density at radius 1 is 0.226 bits per heavy atom. The molecule has 0 radical (unpaired) electrons. The second-order valence-corrected chi connectivity index (χ2v) is 18.8. The number of fused-ring (bicyclic) bond motifs is 7. The lowest BCUT2D eigenvalue weighted by Crippen LogP contribution is -2.50. The number of benzene rings is 10. The van der Waals surface area contributed by atoms with Crippen molar-refractivity contribution >= 4 is 251 Å². The highest BCUT2D eigenvalue weighted by molar-refractivity contribution is 6.73. The van der Waals surface area contributed by atoms with Crippen LogP contribution in [0.3, 0.4) is 0 Å². The molecule has 0 aliphatic carbocycles. The maximum absolute atomic E-state index is 2.50. The van der Waals surface area contributed by atoms with E-state index in [9.17, 15) is 0 Å². The van der Waals surface area contributed by atoms with E-state index in [0.717, 1.165) is 0 Å². The Labute approximate surface area is 379 Å². The van der Waals surface area contributed by atoms with E-state index < -0.39 is 0 Å². The van der Waals surface area contributed by atoms with Gasteiger partial charge in [-0.3, -0.25) is 0 Å². The van der Waals surface area contributed by atoms with Crippen LogP contribution in [-0.2, 0) is 0 Å². The molecule has 0 N–H and O–H groups in total. The highest BCUT2D eigenvalue weighted by Gasteiger charge is 2.30. The fourth-order valence-electron chi connectivity index (χ4n) is 11.6. The Balaban J connectivity index is 1.53. The topological polar surface area (TPSA) is 0 Å². The molecule has 0 nitrogen and oxygen atoms in total. The summed E-state index contributed by atoms with van der Waals surface area (Å²) < 4.78 is 0. The SMILES string of the molecule is Bc1c(B)c(B)c2c(-c3c4c(B)c(B)c(B)c(B)c4c(-c4cc5ccccc5c5ccccc45)c4c(B)c(B)c(B)c(B)c34)c(B)c(B)c(-c3ccc4ccccc4c3)c2c1B. The zero-order valence-corrected chi connectivity index (χ0v) is 39.2. The van der Waals surface area contributed by atoms with Gasteiger partial charge < -0.3 is 0 Å². The quantitative estimate of drug-likeness (QED) is 0.0953. The van der Waals surface area contributed by atoms with Crippen LogP contribution in [0.25, 0.3) is 98.0 Å². The molecule has 10 aromatic carbocycles. The van der Waals surface area contributed by atoms with E-state index in [2.05, 4.69) is 207 Å². The van der Waals surface area contributed by atoms with Gasteiger partial charge in [-0.15, -0.1) is 32.8 Å². The first kappa shape index (κ1) is 40.7. The van der Waals surface area contributed by atoms with Gasteiger partial charge in [-0.05, 0) is 110 Å². The predicted octanol–water partition coefficient (Wildman–Crippen LogP) is -10.8. The zero-order chi connectivity index (χ0) is 43.8. The fraction of sp³-hybridized carbons (Fsp3) is 0. The van der Waals surface area contributed by atoms with Crippen LogP contribution in [0.15, 0.2) is 97.1 Å². The van der Waals surface area contributed by atoms with Gasteiger partial charge in [0.15, 0.2) is 0 Å². The average molecular weight is 772 g/mol. The number of hydrogen-bond acceptors (Lipinski definition) is 0. The Bertz CT molecular complexity index is 3610. The van der Waals surface area contributed by atoms with Gasteiger partial charge in [0.05, 0.1) is 0 Å². The number of rotatable bonds is 3. The van der Waals surface area contributed by atoms with Crippen LogP contribution in [0.4, 0.5) is 0 Å². The van der Waals surface area contributed by atoms with Crippen molar-refractivity contribution in [2.75, 3.05) is 0 Å². The van der Waals surface area contributed by atoms with E-state index in [1.807, 2.05) is 0 Å². The van der Waals surface area contributed by atoms with Crippen LogP contribution in [-0.4, -0.2) is 110 Å². The summed E-state index contributed by atoms with van der Waals surface area (Å²) >= 11 is 0. The zero-order valence-electron chi connectivity index (χ0n) is 39.2. The van der Waals surface area contributed by atoms with Gasteiger partial charge in [0, 0.05) is 0 Å². The molecular formula is C48H44B14. The molecular weight excluding hydrogens is 728 g/mol. The van der Waals surface area contributed by atoms with Crippen molar-refractivity contribution in [1.29, 1.82) is 0 Å². The molecule has 0 atom stereocenters. The normalized spacial score (nSPS) is 11.8. The summed E-state index contributed by atoms with van der Waals surface area (Å²) in [7, 11) is 33.3. The summed E-state index contributed by atoms with van der Waals surface area (Å²) in [4.78, 5) is 0. The van der Waals surface area contributed by atoms with Gasteiger partial charge in [0.25, 0.3) is 0 Å². The molecule has 10 aromatic rings. The summed E-state index contributed by atoms with van der Waals surface area (Å²) in [5, 5.41) is 16.1. The fourth-order valence-corrected chi connectivity index (χ4v) is 11.6. The molecule has 0 aliphatic rings. The Morgan fingerprint density at radius 2 is 0.597 bits per heavy atom. The predicted molar refractivity (Wildman–Crippen MR) is 322 cm³/mol. The Morgan fingerprint density at radius 3 is 1.11 bits per heavy atom. The van der Waals surface area contributed by atoms with Crippen molar-refractivity contribution in [2.24, 2.45) is 0 Å². The molecule has 62 heavy (non-hydrogen) atoms. The molecule has 10 rings (SSSR count). The maximum atomic E-state index is 2.50. The van der Waals surface area contributed by atoms with Crippen LogP contribution >= 0.6 is 0 Å². The lowest BCUT2D eigenvalue weighted by Gasteiger charge is -2.31. The molecule has 0 amide bonds. The largest absolute Gasteiger partial charge is 0.139 e. The highest BCUT2D eigenvalue weighted by Crippen LogP contribution is 2.45. The molecule has 278 valence electrons. The minimum absolute atomic E-state index is 1.27. The standard InChI is InChI=1S/C48H44B14/c49-35-25(20-14-13-17-7-1-2-8-18(17)15-20)28-34(42(56)48(62)43(57)37(28)51)33(36(35)50)27-31-29(38(52)44(58)46(60)40(31)54)26(30-32(27)41(55)47(61)45(59)39(30)53)24-16-19-9-3-4-10-21(19)22-11-5-6-12-23(22)24/h1-16H,49-62H2. The number of hydrogen-bond donors (Lipinski definition) is 0. The summed E-state index contributed by atoms with van der Waals surface area (Å²) in [6.07, 6.45) is 0. The molecule has 0 heterocycles. The highest BCUT2D eigenvalue weighted by atomic mass is 14.3. The van der Waals surface area contributed by atoms with Crippen molar-refractivity contribution in [2.45, 2.75) is 0 Å². The van der Waals surface area contributed by atoms with Gasteiger partial charge in [-0.1, -0.05) is 129 Å². The minimum Gasteiger partial charge on any atom is -0.101 e. The van der Waals surface area contributed by atoms with E-state index in [-0.39, 0.29) is 0 Å². The molecule has 0 aliphatic heterocycles. The molecule has 0 spiro atoms. The first-order valence-electron chi connectivity index (χ1n) is 22.5. The van der Waals surface area contributed by atoms with Gasteiger partial charge in [0.1, 0.15) is 110 Å². The van der Waals surface area contributed by atoms with E-state index in [0.29, 0.717) is 0 Å². The van der Waals surface area contributed by atoms with Crippen molar-refractivity contribution < 1.29 is 0 Å². The summed E-state index contributed by atoms with van der Waals surface area (Å²) in [6.45, 7) is 0. The van der Waals surface area contributed by atoms with Gasteiger partial charge in [-0.25, -0.2) is 0 Å². The molecule has 0 aromatic heterocycles. The van der Waals surface area contributed by atoms with Crippen molar-refractivity contribution in [3.8, 4) is 33.4 Å². The second kappa shape index (κ2) is 14.6. The van der Waals surface area contributed by atoms with E-state index in [1.165, 1.54) is 174 Å². The third kappa shape index (κ3) is 5.54. The Kier molecular flexibility index (Phi) is 9.60. The van der Waals surface area contributed by atoms with Crippen molar-refractivity contribution in [1.82, 2.24) is 0 Å². The monoisotopic (exact) mass is 774 g/mol. The van der Waals surface area contributed by atoms with Crippen molar-refractivity contribution in [3.05, 3.63) is 97.1 Å². The Hall–Kier alpha value is -5.33. The first-order valence-corrected chi connectivity index (χ1v) is 22.5. The summed E-state index contributed by atoms with van der Waals surface area (Å²) in [5.74, 6) is 0. The molecule has 0 unspecified atom stereocenters. The third-order valence-electron chi connectivity index (χ3n) is 16.2. The lowest BCUT2D eigenvalue weighted by atomic mass is 9.57. The summed E-state index contributed by atoms with van der Waals surface area (Å²) in [6, 6.07) is 36.5. The van der Waals surface area contributed by atoms with Crippen LogP contribution < -0.4 is 76.5 Å². The average Bonchev–Trinajstić information content (AvgIpc) is 3.29. The lowest BCUT2D eigenvalue weighted by molar-refractivity contribution is 1.72. The summed E-state index contributed by atoms with van der Waals surface area (Å²) in [5.41, 5.74) is 27.4. The second-order valence-electron chi connectivity index (χ2n) is 18.8.